The van der Waals surface area contributed by atoms with Crippen molar-refractivity contribution in [1.82, 2.24) is 5.32 Å². The normalized spacial score (nSPS) is 28.4. The number of nitrogens with one attached hydrogen (secondary N) is 1. The lowest BCUT2D eigenvalue weighted by Gasteiger charge is -2.28. The molecule has 1 aliphatic carbocycles. The number of hydrogen-bond donors (Lipinski definition) is 2. The molecule has 1 aliphatic rings. The first kappa shape index (κ1) is 13.4. The zero-order chi connectivity index (χ0) is 12.3. The maximum Gasteiger partial charge on any atom is 0.232 e. The summed E-state index contributed by atoms with van der Waals surface area (Å²) in [5.74, 6) is 0.553. The second-order valence-corrected chi connectivity index (χ2v) is 5.48. The standard InChI is InChI=1S/C12H22N2OS/c1-4-12(3,10(13)16)11(15)14-9-7-5-6-8(9)2/h8-9H,4-7H2,1-3H3,(H2,13,16)(H,14,15). The van der Waals surface area contributed by atoms with Gasteiger partial charge in [-0.2, -0.15) is 0 Å². The molecule has 1 fully saturated rings. The highest BCUT2D eigenvalue weighted by molar-refractivity contribution is 7.80. The molecular formula is C12H22N2OS. The largest absolute Gasteiger partial charge is 0.392 e. The van der Waals surface area contributed by atoms with Crippen molar-refractivity contribution < 1.29 is 4.79 Å². The van der Waals surface area contributed by atoms with Gasteiger partial charge < -0.3 is 11.1 Å². The lowest BCUT2D eigenvalue weighted by molar-refractivity contribution is -0.127. The molecule has 0 saturated heterocycles. The first-order valence-electron chi connectivity index (χ1n) is 6.02. The van der Waals surface area contributed by atoms with Crippen LogP contribution < -0.4 is 11.1 Å². The highest BCUT2D eigenvalue weighted by Crippen LogP contribution is 2.27. The van der Waals surface area contributed by atoms with Crippen LogP contribution in [0, 0.1) is 11.3 Å². The van der Waals surface area contributed by atoms with Crippen molar-refractivity contribution in [2.24, 2.45) is 17.1 Å². The van der Waals surface area contributed by atoms with Crippen molar-refractivity contribution in [3.8, 4) is 0 Å². The molecule has 3 N–H and O–H groups in total. The predicted molar refractivity (Wildman–Crippen MR) is 70.1 cm³/mol. The number of hydrogen-bond acceptors (Lipinski definition) is 2. The molecule has 3 unspecified atom stereocenters. The summed E-state index contributed by atoms with van der Waals surface area (Å²) in [6.07, 6.45) is 4.11. The molecule has 0 aromatic rings. The minimum atomic E-state index is -0.697. The van der Waals surface area contributed by atoms with Crippen molar-refractivity contribution in [2.75, 3.05) is 0 Å². The van der Waals surface area contributed by atoms with Gasteiger partial charge in [-0.05, 0) is 32.1 Å². The fourth-order valence-corrected chi connectivity index (χ4v) is 2.37. The third-order valence-electron chi connectivity index (χ3n) is 3.93. The van der Waals surface area contributed by atoms with E-state index in [1.54, 1.807) is 0 Å². The van der Waals surface area contributed by atoms with Crippen LogP contribution in [0.15, 0.2) is 0 Å². The van der Waals surface area contributed by atoms with Crippen molar-refractivity contribution in [3.63, 3.8) is 0 Å². The highest BCUT2D eigenvalue weighted by Gasteiger charge is 2.37. The van der Waals surface area contributed by atoms with Crippen LogP contribution in [-0.2, 0) is 4.79 Å². The Kier molecular flexibility index (Phi) is 4.30. The minimum absolute atomic E-state index is 0.0127. The number of amides is 1. The Labute approximate surface area is 103 Å². The van der Waals surface area contributed by atoms with Gasteiger partial charge in [-0.25, -0.2) is 0 Å². The highest BCUT2D eigenvalue weighted by atomic mass is 32.1. The van der Waals surface area contributed by atoms with Gasteiger partial charge in [-0.3, -0.25) is 4.79 Å². The van der Waals surface area contributed by atoms with Crippen LogP contribution in [0.2, 0.25) is 0 Å². The van der Waals surface area contributed by atoms with Gasteiger partial charge in [0.25, 0.3) is 0 Å². The number of carbonyl (C=O) groups excluding carboxylic acids is 1. The Bertz CT molecular complexity index is 293. The SMILES string of the molecule is CCC(C)(C(=O)NC1CCCC1C)C(N)=S. The van der Waals surface area contributed by atoms with E-state index in [9.17, 15) is 4.79 Å². The second-order valence-electron chi connectivity index (χ2n) is 5.04. The van der Waals surface area contributed by atoms with Gasteiger partial charge in [-0.1, -0.05) is 32.5 Å². The van der Waals surface area contributed by atoms with Crippen LogP contribution in [-0.4, -0.2) is 16.9 Å². The molecule has 3 nitrogen and oxygen atoms in total. The molecule has 0 heterocycles. The summed E-state index contributed by atoms with van der Waals surface area (Å²) in [5.41, 5.74) is 4.97. The molecule has 16 heavy (non-hydrogen) atoms. The zero-order valence-corrected chi connectivity index (χ0v) is 11.2. The van der Waals surface area contributed by atoms with Crippen LogP contribution in [0.1, 0.15) is 46.5 Å². The molecule has 4 heteroatoms. The smallest absolute Gasteiger partial charge is 0.232 e. The van der Waals surface area contributed by atoms with Gasteiger partial charge in [0, 0.05) is 6.04 Å². The predicted octanol–water partition coefficient (Wildman–Crippen LogP) is 1.99. The summed E-state index contributed by atoms with van der Waals surface area (Å²) >= 11 is 4.99. The van der Waals surface area contributed by atoms with Crippen molar-refractivity contribution >= 4 is 23.1 Å². The second kappa shape index (κ2) is 5.13. The lowest BCUT2D eigenvalue weighted by atomic mass is 9.86. The molecular weight excluding hydrogens is 220 g/mol. The third kappa shape index (κ3) is 2.54. The van der Waals surface area contributed by atoms with E-state index in [1.807, 2.05) is 13.8 Å². The molecule has 0 aromatic carbocycles. The molecule has 92 valence electrons. The van der Waals surface area contributed by atoms with Gasteiger partial charge in [-0.15, -0.1) is 0 Å². The Hall–Kier alpha value is -0.640. The van der Waals surface area contributed by atoms with Gasteiger partial charge in [0.2, 0.25) is 5.91 Å². The van der Waals surface area contributed by atoms with Crippen LogP contribution in [0.5, 0.6) is 0 Å². The average Bonchev–Trinajstić information content (AvgIpc) is 2.62. The maximum atomic E-state index is 12.2. The Balaban J connectivity index is 2.66. The van der Waals surface area contributed by atoms with E-state index in [0.29, 0.717) is 18.4 Å². The van der Waals surface area contributed by atoms with Crippen LogP contribution in [0.4, 0.5) is 0 Å². The molecule has 1 saturated carbocycles. The van der Waals surface area contributed by atoms with E-state index in [4.69, 9.17) is 18.0 Å². The minimum Gasteiger partial charge on any atom is -0.392 e. The van der Waals surface area contributed by atoms with E-state index in [2.05, 4.69) is 12.2 Å². The Morgan fingerprint density at radius 1 is 1.56 bits per heavy atom. The quantitative estimate of drug-likeness (QED) is 0.741. The lowest BCUT2D eigenvalue weighted by Crippen LogP contribution is -2.50. The molecule has 0 radical (unpaired) electrons. The monoisotopic (exact) mass is 242 g/mol. The molecule has 3 atom stereocenters. The van der Waals surface area contributed by atoms with Crippen molar-refractivity contribution in [2.45, 2.75) is 52.5 Å². The van der Waals surface area contributed by atoms with Gasteiger partial charge in [0.05, 0.1) is 10.4 Å². The summed E-state index contributed by atoms with van der Waals surface area (Å²) in [5, 5.41) is 3.10. The number of nitrogens with two attached hydrogens (primary N) is 1. The topological polar surface area (TPSA) is 55.1 Å². The first-order chi connectivity index (χ1) is 7.41. The molecule has 0 spiro atoms. The summed E-state index contributed by atoms with van der Waals surface area (Å²) in [4.78, 5) is 12.5. The van der Waals surface area contributed by atoms with E-state index < -0.39 is 5.41 Å². The average molecular weight is 242 g/mol. The Morgan fingerprint density at radius 3 is 2.56 bits per heavy atom. The van der Waals surface area contributed by atoms with E-state index >= 15 is 0 Å². The van der Waals surface area contributed by atoms with E-state index in [-0.39, 0.29) is 10.9 Å². The summed E-state index contributed by atoms with van der Waals surface area (Å²) in [7, 11) is 0. The summed E-state index contributed by atoms with van der Waals surface area (Å²) in [6.45, 7) is 5.95. The van der Waals surface area contributed by atoms with Crippen molar-refractivity contribution in [1.29, 1.82) is 0 Å². The van der Waals surface area contributed by atoms with Crippen LogP contribution in [0.25, 0.3) is 0 Å². The van der Waals surface area contributed by atoms with E-state index in [1.165, 1.54) is 12.8 Å². The summed E-state index contributed by atoms with van der Waals surface area (Å²) in [6, 6.07) is 0.299. The van der Waals surface area contributed by atoms with Gasteiger partial charge in [0.15, 0.2) is 0 Å². The number of thiocarbonyl (C=S) groups is 1. The van der Waals surface area contributed by atoms with Crippen LogP contribution in [0.3, 0.4) is 0 Å². The fourth-order valence-electron chi connectivity index (χ4n) is 2.13. The third-order valence-corrected chi connectivity index (χ3v) is 4.38. The molecule has 0 aliphatic heterocycles. The fraction of sp³-hybridized carbons (Fsp3) is 0.833. The molecule has 0 aromatic heterocycles. The summed E-state index contributed by atoms with van der Waals surface area (Å²) < 4.78 is 0. The van der Waals surface area contributed by atoms with Gasteiger partial charge >= 0.3 is 0 Å². The Morgan fingerprint density at radius 2 is 2.19 bits per heavy atom. The first-order valence-corrected chi connectivity index (χ1v) is 6.43. The van der Waals surface area contributed by atoms with Gasteiger partial charge in [0.1, 0.15) is 0 Å². The number of rotatable bonds is 4. The molecule has 1 rings (SSSR count). The zero-order valence-electron chi connectivity index (χ0n) is 10.4. The van der Waals surface area contributed by atoms with E-state index in [0.717, 1.165) is 6.42 Å². The van der Waals surface area contributed by atoms with Crippen molar-refractivity contribution in [3.05, 3.63) is 0 Å². The number of carbonyl (C=O) groups is 1. The maximum absolute atomic E-state index is 12.2. The molecule has 1 amide bonds. The van der Waals surface area contributed by atoms with Crippen LogP contribution >= 0.6 is 12.2 Å². The molecule has 0 bridgehead atoms.